The molecule has 2 N–H and O–H groups in total. The lowest BCUT2D eigenvalue weighted by Gasteiger charge is -2.20. The van der Waals surface area contributed by atoms with Crippen molar-refractivity contribution in [1.29, 1.82) is 0 Å². The molecule has 0 aliphatic carbocycles. The average molecular weight is 237 g/mol. The molecule has 0 bridgehead atoms. The van der Waals surface area contributed by atoms with Crippen molar-refractivity contribution in [1.82, 2.24) is 5.32 Å². The minimum Gasteiger partial charge on any atom is -0.392 e. The maximum absolute atomic E-state index is 9.10. The van der Waals surface area contributed by atoms with Gasteiger partial charge in [0.2, 0.25) is 0 Å². The van der Waals surface area contributed by atoms with E-state index in [1.807, 2.05) is 18.2 Å². The molecule has 1 aromatic rings. The lowest BCUT2D eigenvalue weighted by Crippen LogP contribution is -2.29. The van der Waals surface area contributed by atoms with Crippen LogP contribution in [0.15, 0.2) is 24.3 Å². The molecular weight excluding hydrogens is 214 g/mol. The molecule has 0 aromatic heterocycles. The summed E-state index contributed by atoms with van der Waals surface area (Å²) < 4.78 is 5.06. The van der Waals surface area contributed by atoms with Crippen LogP contribution in [0.2, 0.25) is 0 Å². The monoisotopic (exact) mass is 237 g/mol. The summed E-state index contributed by atoms with van der Waals surface area (Å²) in [5, 5.41) is 12.6. The van der Waals surface area contributed by atoms with Gasteiger partial charge in [0.25, 0.3) is 0 Å². The van der Waals surface area contributed by atoms with Gasteiger partial charge in [-0.25, -0.2) is 0 Å². The van der Waals surface area contributed by atoms with E-state index in [9.17, 15) is 0 Å². The second kappa shape index (κ2) is 7.43. The first-order valence-corrected chi connectivity index (χ1v) is 6.12. The SMILES string of the molecule is COCCC(C)NC(C)c1cccc(CO)c1. The highest BCUT2D eigenvalue weighted by Gasteiger charge is 2.09. The van der Waals surface area contributed by atoms with Crippen LogP contribution in [-0.4, -0.2) is 24.9 Å². The molecule has 2 atom stereocenters. The summed E-state index contributed by atoms with van der Waals surface area (Å²) in [6.07, 6.45) is 1.00. The van der Waals surface area contributed by atoms with Crippen molar-refractivity contribution < 1.29 is 9.84 Å². The lowest BCUT2D eigenvalue weighted by molar-refractivity contribution is 0.183. The van der Waals surface area contributed by atoms with E-state index in [1.165, 1.54) is 5.56 Å². The first-order chi connectivity index (χ1) is 8.17. The van der Waals surface area contributed by atoms with Crippen LogP contribution in [0.25, 0.3) is 0 Å². The number of hydrogen-bond donors (Lipinski definition) is 2. The summed E-state index contributed by atoms with van der Waals surface area (Å²) in [6.45, 7) is 5.17. The standard InChI is InChI=1S/C14H23NO2/c1-11(7-8-17-3)15-12(2)14-6-4-5-13(9-14)10-16/h4-6,9,11-12,15-16H,7-8,10H2,1-3H3. The van der Waals surface area contributed by atoms with Crippen LogP contribution in [0, 0.1) is 0 Å². The fourth-order valence-electron chi connectivity index (χ4n) is 1.86. The van der Waals surface area contributed by atoms with Crippen molar-refractivity contribution in [2.75, 3.05) is 13.7 Å². The smallest absolute Gasteiger partial charge is 0.0681 e. The molecule has 1 rings (SSSR count). The lowest BCUT2D eigenvalue weighted by atomic mass is 10.0. The Bertz CT molecular complexity index is 328. The molecule has 0 saturated heterocycles. The topological polar surface area (TPSA) is 41.5 Å². The normalized spacial score (nSPS) is 14.6. The third-order valence-electron chi connectivity index (χ3n) is 2.92. The van der Waals surface area contributed by atoms with Crippen LogP contribution in [0.3, 0.4) is 0 Å². The van der Waals surface area contributed by atoms with Gasteiger partial charge in [-0.3, -0.25) is 0 Å². The van der Waals surface area contributed by atoms with E-state index in [1.54, 1.807) is 7.11 Å². The molecule has 96 valence electrons. The van der Waals surface area contributed by atoms with Gasteiger partial charge >= 0.3 is 0 Å². The minimum atomic E-state index is 0.0970. The van der Waals surface area contributed by atoms with E-state index in [0.717, 1.165) is 18.6 Å². The van der Waals surface area contributed by atoms with Gasteiger partial charge < -0.3 is 15.2 Å². The third-order valence-corrected chi connectivity index (χ3v) is 2.92. The quantitative estimate of drug-likeness (QED) is 0.764. The van der Waals surface area contributed by atoms with Gasteiger partial charge in [0.15, 0.2) is 0 Å². The zero-order valence-electron chi connectivity index (χ0n) is 10.9. The molecule has 0 aliphatic heterocycles. The van der Waals surface area contributed by atoms with Crippen LogP contribution in [0.5, 0.6) is 0 Å². The first kappa shape index (κ1) is 14.2. The molecule has 0 heterocycles. The van der Waals surface area contributed by atoms with Crippen LogP contribution in [0.1, 0.15) is 37.4 Å². The van der Waals surface area contributed by atoms with Crippen molar-refractivity contribution in [2.24, 2.45) is 0 Å². The number of benzene rings is 1. The van der Waals surface area contributed by atoms with Crippen molar-refractivity contribution in [3.63, 3.8) is 0 Å². The van der Waals surface area contributed by atoms with Gasteiger partial charge in [-0.05, 0) is 31.4 Å². The predicted octanol–water partition coefficient (Wildman–Crippen LogP) is 2.25. The number of rotatable bonds is 7. The molecule has 2 unspecified atom stereocenters. The fourth-order valence-corrected chi connectivity index (χ4v) is 1.86. The Morgan fingerprint density at radius 1 is 1.35 bits per heavy atom. The number of methoxy groups -OCH3 is 1. The molecule has 17 heavy (non-hydrogen) atoms. The average Bonchev–Trinajstić information content (AvgIpc) is 2.36. The summed E-state index contributed by atoms with van der Waals surface area (Å²) in [6, 6.07) is 8.75. The second-order valence-electron chi connectivity index (χ2n) is 4.47. The van der Waals surface area contributed by atoms with E-state index >= 15 is 0 Å². The zero-order chi connectivity index (χ0) is 12.7. The Kier molecular flexibility index (Phi) is 6.19. The highest BCUT2D eigenvalue weighted by Crippen LogP contribution is 2.15. The van der Waals surface area contributed by atoms with Crippen LogP contribution in [0.4, 0.5) is 0 Å². The van der Waals surface area contributed by atoms with E-state index < -0.39 is 0 Å². The molecule has 1 aromatic carbocycles. The first-order valence-electron chi connectivity index (χ1n) is 6.12. The Morgan fingerprint density at radius 3 is 2.76 bits per heavy atom. The van der Waals surface area contributed by atoms with Gasteiger partial charge in [-0.1, -0.05) is 24.3 Å². The molecule has 3 heteroatoms. The molecule has 0 spiro atoms. The Labute approximate surface area is 104 Å². The Hall–Kier alpha value is -0.900. The van der Waals surface area contributed by atoms with Crippen molar-refractivity contribution in [3.05, 3.63) is 35.4 Å². The van der Waals surface area contributed by atoms with Gasteiger partial charge in [0, 0.05) is 25.8 Å². The summed E-state index contributed by atoms with van der Waals surface area (Å²) >= 11 is 0. The summed E-state index contributed by atoms with van der Waals surface area (Å²) in [4.78, 5) is 0. The van der Waals surface area contributed by atoms with Gasteiger partial charge in [0.05, 0.1) is 6.61 Å². The largest absolute Gasteiger partial charge is 0.392 e. The number of aliphatic hydroxyl groups is 1. The zero-order valence-corrected chi connectivity index (χ0v) is 10.9. The van der Waals surface area contributed by atoms with Crippen LogP contribution >= 0.6 is 0 Å². The van der Waals surface area contributed by atoms with E-state index in [0.29, 0.717) is 6.04 Å². The maximum Gasteiger partial charge on any atom is 0.0681 e. The summed E-state index contributed by atoms with van der Waals surface area (Å²) in [5.41, 5.74) is 2.17. The second-order valence-corrected chi connectivity index (χ2v) is 4.47. The highest BCUT2D eigenvalue weighted by molar-refractivity contribution is 5.25. The molecule has 0 aliphatic rings. The van der Waals surface area contributed by atoms with Crippen molar-refractivity contribution in [2.45, 2.75) is 39.0 Å². The highest BCUT2D eigenvalue weighted by atomic mass is 16.5. The predicted molar refractivity (Wildman–Crippen MR) is 69.9 cm³/mol. The number of ether oxygens (including phenoxy) is 1. The van der Waals surface area contributed by atoms with Gasteiger partial charge in [-0.15, -0.1) is 0 Å². The molecule has 3 nitrogen and oxygen atoms in total. The van der Waals surface area contributed by atoms with E-state index in [4.69, 9.17) is 9.84 Å². The van der Waals surface area contributed by atoms with Crippen molar-refractivity contribution >= 4 is 0 Å². The van der Waals surface area contributed by atoms with Gasteiger partial charge in [0.1, 0.15) is 0 Å². The Balaban J connectivity index is 2.53. The summed E-state index contributed by atoms with van der Waals surface area (Å²) in [5.74, 6) is 0. The molecule has 0 fully saturated rings. The van der Waals surface area contributed by atoms with E-state index in [2.05, 4.69) is 25.2 Å². The van der Waals surface area contributed by atoms with Crippen molar-refractivity contribution in [3.8, 4) is 0 Å². The molecular formula is C14H23NO2. The number of hydrogen-bond acceptors (Lipinski definition) is 3. The van der Waals surface area contributed by atoms with Crippen LogP contribution in [-0.2, 0) is 11.3 Å². The number of nitrogens with one attached hydrogen (secondary N) is 1. The minimum absolute atomic E-state index is 0.0970. The molecule has 0 saturated carbocycles. The number of aliphatic hydroxyl groups excluding tert-OH is 1. The molecule has 0 amide bonds. The Morgan fingerprint density at radius 2 is 2.12 bits per heavy atom. The summed E-state index contributed by atoms with van der Waals surface area (Å²) in [7, 11) is 1.72. The third kappa shape index (κ3) is 4.86. The maximum atomic E-state index is 9.10. The van der Waals surface area contributed by atoms with Crippen LogP contribution < -0.4 is 5.32 Å². The fraction of sp³-hybridized carbons (Fsp3) is 0.571. The molecule has 0 radical (unpaired) electrons. The van der Waals surface area contributed by atoms with E-state index in [-0.39, 0.29) is 12.6 Å². The van der Waals surface area contributed by atoms with Gasteiger partial charge in [-0.2, -0.15) is 0 Å².